The molecule has 0 atom stereocenters. The van der Waals surface area contributed by atoms with Crippen LogP contribution in [0.2, 0.25) is 0 Å². The van der Waals surface area contributed by atoms with Gasteiger partial charge in [0.05, 0.1) is 5.56 Å². The predicted molar refractivity (Wildman–Crippen MR) is 75.9 cm³/mol. The van der Waals surface area contributed by atoms with Gasteiger partial charge in [-0.25, -0.2) is 0 Å². The first-order valence-corrected chi connectivity index (χ1v) is 6.99. The number of benzene rings is 2. The summed E-state index contributed by atoms with van der Waals surface area (Å²) >= 11 is 0. The Kier molecular flexibility index (Phi) is 3.72. The van der Waals surface area contributed by atoms with E-state index in [4.69, 9.17) is 0 Å². The first kappa shape index (κ1) is 14.1. The maximum absolute atomic E-state index is 12.9. The molecule has 4 heteroatoms. The molecule has 1 nitrogen and oxygen atoms in total. The largest absolute Gasteiger partial charge is 0.416 e. The molecule has 0 saturated heterocycles. The summed E-state index contributed by atoms with van der Waals surface area (Å²) in [5, 5.41) is 3.26. The lowest BCUT2D eigenvalue weighted by Crippen LogP contribution is -2.29. The lowest BCUT2D eigenvalue weighted by atomic mass is 10.1. The minimum Gasteiger partial charge on any atom is -0.309 e. The number of hydrogen-bond donors (Lipinski definition) is 1. The van der Waals surface area contributed by atoms with E-state index in [1.165, 1.54) is 23.3 Å². The fourth-order valence-electron chi connectivity index (χ4n) is 2.91. The molecule has 0 fully saturated rings. The summed E-state index contributed by atoms with van der Waals surface area (Å²) in [5.41, 5.74) is 2.34. The van der Waals surface area contributed by atoms with Crippen LogP contribution in [0.1, 0.15) is 22.3 Å². The summed E-state index contributed by atoms with van der Waals surface area (Å²) in [7, 11) is 0. The van der Waals surface area contributed by atoms with Crippen LogP contribution in [0.4, 0.5) is 13.2 Å². The summed E-state index contributed by atoms with van der Waals surface area (Å²) in [4.78, 5) is 0. The molecule has 0 aliphatic heterocycles. The minimum atomic E-state index is -4.29. The molecule has 110 valence electrons. The van der Waals surface area contributed by atoms with Crippen LogP contribution in [-0.2, 0) is 25.6 Å². The summed E-state index contributed by atoms with van der Waals surface area (Å²) in [6.45, 7) is 0.244. The molecule has 0 radical (unpaired) electrons. The molecule has 2 aromatic carbocycles. The van der Waals surface area contributed by atoms with Crippen molar-refractivity contribution in [2.75, 3.05) is 0 Å². The van der Waals surface area contributed by atoms with Gasteiger partial charge in [-0.1, -0.05) is 42.5 Å². The summed E-state index contributed by atoms with van der Waals surface area (Å²) in [6, 6.07) is 14.1. The van der Waals surface area contributed by atoms with Gasteiger partial charge in [-0.3, -0.25) is 0 Å². The highest BCUT2D eigenvalue weighted by Gasteiger charge is 2.33. The SMILES string of the molecule is FC(F)(F)c1ccccc1CNC1Cc2ccccc2C1. The third-order valence-electron chi connectivity index (χ3n) is 3.95. The maximum Gasteiger partial charge on any atom is 0.416 e. The van der Waals surface area contributed by atoms with E-state index < -0.39 is 11.7 Å². The number of halogens is 3. The van der Waals surface area contributed by atoms with Gasteiger partial charge in [-0.15, -0.1) is 0 Å². The zero-order chi connectivity index (χ0) is 14.9. The molecule has 2 aromatic rings. The molecular weight excluding hydrogens is 275 g/mol. The molecular formula is C17H16F3N. The third-order valence-corrected chi connectivity index (χ3v) is 3.95. The molecule has 0 saturated carbocycles. The van der Waals surface area contributed by atoms with Gasteiger partial charge < -0.3 is 5.32 Å². The van der Waals surface area contributed by atoms with E-state index in [1.54, 1.807) is 6.07 Å². The van der Waals surface area contributed by atoms with E-state index in [0.717, 1.165) is 18.9 Å². The normalized spacial score (nSPS) is 15.2. The van der Waals surface area contributed by atoms with Crippen LogP contribution in [0, 0.1) is 0 Å². The Bertz CT molecular complexity index is 609. The number of alkyl halides is 3. The Morgan fingerprint density at radius 3 is 2.10 bits per heavy atom. The monoisotopic (exact) mass is 291 g/mol. The van der Waals surface area contributed by atoms with Crippen molar-refractivity contribution in [2.24, 2.45) is 0 Å². The van der Waals surface area contributed by atoms with Gasteiger partial charge in [-0.2, -0.15) is 13.2 Å². The second-order valence-electron chi connectivity index (χ2n) is 5.41. The van der Waals surface area contributed by atoms with E-state index >= 15 is 0 Å². The van der Waals surface area contributed by atoms with Gasteiger partial charge >= 0.3 is 6.18 Å². The van der Waals surface area contributed by atoms with Crippen molar-refractivity contribution in [3.63, 3.8) is 0 Å². The van der Waals surface area contributed by atoms with Gasteiger partial charge in [0.15, 0.2) is 0 Å². The van der Waals surface area contributed by atoms with Gasteiger partial charge in [0.2, 0.25) is 0 Å². The van der Waals surface area contributed by atoms with Crippen molar-refractivity contribution in [2.45, 2.75) is 31.6 Å². The molecule has 1 N–H and O–H groups in total. The van der Waals surface area contributed by atoms with Crippen LogP contribution in [-0.4, -0.2) is 6.04 Å². The molecule has 1 aliphatic carbocycles. The molecule has 0 unspecified atom stereocenters. The molecule has 21 heavy (non-hydrogen) atoms. The van der Waals surface area contributed by atoms with Crippen LogP contribution < -0.4 is 5.32 Å². The Hall–Kier alpha value is -1.81. The molecule has 0 heterocycles. The van der Waals surface area contributed by atoms with Crippen molar-refractivity contribution in [1.82, 2.24) is 5.32 Å². The zero-order valence-corrected chi connectivity index (χ0v) is 11.5. The van der Waals surface area contributed by atoms with E-state index in [2.05, 4.69) is 17.4 Å². The van der Waals surface area contributed by atoms with Crippen LogP contribution in [0.15, 0.2) is 48.5 Å². The fraction of sp³-hybridized carbons (Fsp3) is 0.294. The van der Waals surface area contributed by atoms with Crippen LogP contribution >= 0.6 is 0 Å². The third kappa shape index (κ3) is 3.10. The van der Waals surface area contributed by atoms with Gasteiger partial charge in [0.25, 0.3) is 0 Å². The average molecular weight is 291 g/mol. The average Bonchev–Trinajstić information content (AvgIpc) is 2.87. The van der Waals surface area contributed by atoms with Crippen molar-refractivity contribution in [3.8, 4) is 0 Å². The lowest BCUT2D eigenvalue weighted by Gasteiger charge is -2.16. The predicted octanol–water partition coefficient (Wildman–Crippen LogP) is 3.96. The Labute approximate surface area is 121 Å². The van der Waals surface area contributed by atoms with Gasteiger partial charge in [0.1, 0.15) is 0 Å². The molecule has 0 amide bonds. The van der Waals surface area contributed by atoms with Gasteiger partial charge in [-0.05, 0) is 35.6 Å². The van der Waals surface area contributed by atoms with Crippen LogP contribution in [0.5, 0.6) is 0 Å². The lowest BCUT2D eigenvalue weighted by molar-refractivity contribution is -0.138. The highest BCUT2D eigenvalue weighted by molar-refractivity contribution is 5.34. The molecule has 0 spiro atoms. The van der Waals surface area contributed by atoms with Crippen molar-refractivity contribution >= 4 is 0 Å². The Morgan fingerprint density at radius 1 is 0.905 bits per heavy atom. The highest BCUT2D eigenvalue weighted by atomic mass is 19.4. The van der Waals surface area contributed by atoms with Crippen LogP contribution in [0.3, 0.4) is 0 Å². The van der Waals surface area contributed by atoms with E-state index in [0.29, 0.717) is 5.56 Å². The van der Waals surface area contributed by atoms with E-state index in [1.807, 2.05) is 12.1 Å². The summed E-state index contributed by atoms with van der Waals surface area (Å²) in [6.07, 6.45) is -2.54. The summed E-state index contributed by atoms with van der Waals surface area (Å²) in [5.74, 6) is 0. The number of hydrogen-bond acceptors (Lipinski definition) is 1. The molecule has 0 aromatic heterocycles. The molecule has 1 aliphatic rings. The maximum atomic E-state index is 12.9. The molecule has 0 bridgehead atoms. The topological polar surface area (TPSA) is 12.0 Å². The quantitative estimate of drug-likeness (QED) is 0.902. The minimum absolute atomic E-state index is 0.212. The number of nitrogens with one attached hydrogen (secondary N) is 1. The number of fused-ring (bicyclic) bond motifs is 1. The Balaban J connectivity index is 1.68. The Morgan fingerprint density at radius 2 is 1.48 bits per heavy atom. The highest BCUT2D eigenvalue weighted by Crippen LogP contribution is 2.32. The first-order chi connectivity index (χ1) is 10.0. The second kappa shape index (κ2) is 5.53. The molecule has 3 rings (SSSR count). The van der Waals surface area contributed by atoms with Crippen molar-refractivity contribution < 1.29 is 13.2 Å². The number of rotatable bonds is 3. The standard InChI is InChI=1S/C17H16F3N/c18-17(19,20)16-8-4-3-7-14(16)11-21-15-9-12-5-1-2-6-13(12)10-15/h1-8,15,21H,9-11H2. The zero-order valence-electron chi connectivity index (χ0n) is 11.5. The van der Waals surface area contributed by atoms with Gasteiger partial charge in [0, 0.05) is 12.6 Å². The van der Waals surface area contributed by atoms with Crippen molar-refractivity contribution in [1.29, 1.82) is 0 Å². The van der Waals surface area contributed by atoms with E-state index in [-0.39, 0.29) is 12.6 Å². The second-order valence-corrected chi connectivity index (χ2v) is 5.41. The van der Waals surface area contributed by atoms with E-state index in [9.17, 15) is 13.2 Å². The van der Waals surface area contributed by atoms with Crippen molar-refractivity contribution in [3.05, 3.63) is 70.8 Å². The summed E-state index contributed by atoms with van der Waals surface area (Å²) < 4.78 is 38.8. The first-order valence-electron chi connectivity index (χ1n) is 6.99. The smallest absolute Gasteiger partial charge is 0.309 e. The fourth-order valence-corrected chi connectivity index (χ4v) is 2.91. The van der Waals surface area contributed by atoms with Crippen LogP contribution in [0.25, 0.3) is 0 Å².